The van der Waals surface area contributed by atoms with E-state index in [9.17, 15) is 9.59 Å². The molecule has 2 amide bonds. The molecule has 5 nitrogen and oxygen atoms in total. The Balaban J connectivity index is 1.70. The molecule has 0 saturated carbocycles. The van der Waals surface area contributed by atoms with Crippen LogP contribution in [0.4, 0.5) is 4.79 Å². The van der Waals surface area contributed by atoms with Gasteiger partial charge in [0.1, 0.15) is 6.61 Å². The molecule has 1 heterocycles. The molecule has 0 unspecified atom stereocenters. The van der Waals surface area contributed by atoms with Crippen LogP contribution in [-0.4, -0.2) is 36.2 Å². The molecule has 2 rings (SSSR count). The van der Waals surface area contributed by atoms with Crippen molar-refractivity contribution in [3.8, 4) is 0 Å². The fourth-order valence-electron chi connectivity index (χ4n) is 2.42. The van der Waals surface area contributed by atoms with Crippen molar-refractivity contribution in [3.05, 3.63) is 35.9 Å². The monoisotopic (exact) mass is 305 g/mol. The van der Waals surface area contributed by atoms with Gasteiger partial charge in [0.05, 0.1) is 12.6 Å². The molecule has 120 valence electrons. The first-order valence-electron chi connectivity index (χ1n) is 7.70. The Morgan fingerprint density at radius 2 is 2.09 bits per heavy atom. The van der Waals surface area contributed by atoms with Gasteiger partial charge in [0.25, 0.3) is 0 Å². The van der Waals surface area contributed by atoms with Gasteiger partial charge in [-0.15, -0.1) is 0 Å². The molecular formula is C17H23NO4. The number of imide groups is 1. The summed E-state index contributed by atoms with van der Waals surface area (Å²) in [5.74, 6) is 0.0224. The second-order valence-corrected chi connectivity index (χ2v) is 5.79. The van der Waals surface area contributed by atoms with Crippen molar-refractivity contribution < 1.29 is 19.1 Å². The Morgan fingerprint density at radius 1 is 1.36 bits per heavy atom. The van der Waals surface area contributed by atoms with Crippen LogP contribution in [0.3, 0.4) is 0 Å². The third-order valence-corrected chi connectivity index (χ3v) is 3.74. The van der Waals surface area contributed by atoms with Crippen molar-refractivity contribution >= 4 is 12.0 Å². The van der Waals surface area contributed by atoms with E-state index in [1.54, 1.807) is 0 Å². The summed E-state index contributed by atoms with van der Waals surface area (Å²) < 4.78 is 10.5. The van der Waals surface area contributed by atoms with Gasteiger partial charge >= 0.3 is 6.09 Å². The summed E-state index contributed by atoms with van der Waals surface area (Å²) in [5, 5.41) is 0. The van der Waals surface area contributed by atoms with Gasteiger partial charge in [0, 0.05) is 13.0 Å². The van der Waals surface area contributed by atoms with E-state index in [-0.39, 0.29) is 17.9 Å². The molecule has 22 heavy (non-hydrogen) atoms. The summed E-state index contributed by atoms with van der Waals surface area (Å²) in [6.45, 7) is 5.30. The number of amides is 2. The second-order valence-electron chi connectivity index (χ2n) is 5.79. The van der Waals surface area contributed by atoms with Crippen molar-refractivity contribution in [2.24, 2.45) is 5.92 Å². The number of carbonyl (C=O) groups excluding carboxylic acids is 2. The van der Waals surface area contributed by atoms with Crippen LogP contribution in [0.5, 0.6) is 0 Å². The number of ether oxygens (including phenoxy) is 2. The summed E-state index contributed by atoms with van der Waals surface area (Å²) >= 11 is 0. The average Bonchev–Trinajstić information content (AvgIpc) is 2.90. The average molecular weight is 305 g/mol. The van der Waals surface area contributed by atoms with Gasteiger partial charge in [-0.25, -0.2) is 9.69 Å². The van der Waals surface area contributed by atoms with Crippen molar-refractivity contribution in [3.63, 3.8) is 0 Å². The predicted octanol–water partition coefficient (Wildman–Crippen LogP) is 2.99. The van der Waals surface area contributed by atoms with Crippen LogP contribution in [0, 0.1) is 5.92 Å². The molecule has 1 aliphatic heterocycles. The van der Waals surface area contributed by atoms with Gasteiger partial charge in [-0.2, -0.15) is 0 Å². The summed E-state index contributed by atoms with van der Waals surface area (Å²) in [6, 6.07) is 9.74. The summed E-state index contributed by atoms with van der Waals surface area (Å²) in [6.07, 6.45) is 0.377. The zero-order valence-corrected chi connectivity index (χ0v) is 13.2. The van der Waals surface area contributed by atoms with Gasteiger partial charge in [-0.1, -0.05) is 44.2 Å². The van der Waals surface area contributed by atoms with E-state index in [4.69, 9.17) is 9.47 Å². The Hall–Kier alpha value is -1.88. The van der Waals surface area contributed by atoms with Crippen LogP contribution in [-0.2, 0) is 20.9 Å². The number of cyclic esters (lactones) is 1. The Kier molecular flexibility index (Phi) is 5.95. The molecule has 1 aromatic carbocycles. The quantitative estimate of drug-likeness (QED) is 0.727. The minimum atomic E-state index is -0.520. The lowest BCUT2D eigenvalue weighted by atomic mass is 10.0. The van der Waals surface area contributed by atoms with Crippen LogP contribution in [0.15, 0.2) is 30.3 Å². The van der Waals surface area contributed by atoms with Crippen LogP contribution >= 0.6 is 0 Å². The second kappa shape index (κ2) is 7.94. The lowest BCUT2D eigenvalue weighted by molar-refractivity contribution is -0.130. The number of rotatable bonds is 7. The van der Waals surface area contributed by atoms with Crippen molar-refractivity contribution in [2.45, 2.75) is 39.3 Å². The molecule has 0 bridgehead atoms. The maximum absolute atomic E-state index is 12.2. The summed E-state index contributed by atoms with van der Waals surface area (Å²) in [4.78, 5) is 25.1. The Morgan fingerprint density at radius 3 is 2.77 bits per heavy atom. The number of hydrogen-bond donors (Lipinski definition) is 0. The smallest absolute Gasteiger partial charge is 0.416 e. The fraction of sp³-hybridized carbons (Fsp3) is 0.529. The highest BCUT2D eigenvalue weighted by Crippen LogP contribution is 2.20. The molecule has 1 fully saturated rings. The zero-order valence-electron chi connectivity index (χ0n) is 13.2. The largest absolute Gasteiger partial charge is 0.447 e. The molecule has 0 N–H and O–H groups in total. The normalized spacial score (nSPS) is 17.9. The topological polar surface area (TPSA) is 55.8 Å². The molecule has 0 aromatic heterocycles. The van der Waals surface area contributed by atoms with Gasteiger partial charge in [-0.3, -0.25) is 4.79 Å². The lowest BCUT2D eigenvalue weighted by Gasteiger charge is -2.22. The molecule has 1 atom stereocenters. The molecule has 1 aromatic rings. The number of nitrogens with zero attached hydrogens (tertiary/aromatic N) is 1. The standard InChI is InChI=1S/C17H23NO4/c1-13(2)15-12-22-17(20)18(15)16(19)9-6-10-21-11-14-7-4-3-5-8-14/h3-5,7-8,13,15H,6,9-12H2,1-2H3/t15-/m0/s1. The SMILES string of the molecule is CC(C)[C@@H]1COC(=O)N1C(=O)CCCOCc1ccccc1. The van der Waals surface area contributed by atoms with E-state index in [1.165, 1.54) is 4.90 Å². The molecule has 0 spiro atoms. The lowest BCUT2D eigenvalue weighted by Crippen LogP contribution is -2.41. The minimum Gasteiger partial charge on any atom is -0.447 e. The molecule has 5 heteroatoms. The number of hydrogen-bond acceptors (Lipinski definition) is 4. The summed E-state index contributed by atoms with van der Waals surface area (Å²) in [5.41, 5.74) is 1.11. The van der Waals surface area contributed by atoms with Crippen molar-refractivity contribution in [2.75, 3.05) is 13.2 Å². The van der Waals surface area contributed by atoms with E-state index in [2.05, 4.69) is 0 Å². The Bertz CT molecular complexity index is 501. The third kappa shape index (κ3) is 4.31. The van der Waals surface area contributed by atoms with E-state index < -0.39 is 6.09 Å². The van der Waals surface area contributed by atoms with E-state index in [0.717, 1.165) is 5.56 Å². The minimum absolute atomic E-state index is 0.148. The molecule has 0 aliphatic carbocycles. The molecule has 0 radical (unpaired) electrons. The first-order valence-corrected chi connectivity index (χ1v) is 7.70. The number of carbonyl (C=O) groups is 2. The van der Waals surface area contributed by atoms with E-state index in [1.807, 2.05) is 44.2 Å². The van der Waals surface area contributed by atoms with E-state index >= 15 is 0 Å². The highest BCUT2D eigenvalue weighted by molar-refractivity contribution is 5.93. The molecule has 1 saturated heterocycles. The maximum atomic E-state index is 12.2. The maximum Gasteiger partial charge on any atom is 0.416 e. The van der Waals surface area contributed by atoms with Gasteiger partial charge in [0.15, 0.2) is 0 Å². The van der Waals surface area contributed by atoms with Crippen LogP contribution < -0.4 is 0 Å². The van der Waals surface area contributed by atoms with Crippen LogP contribution in [0.1, 0.15) is 32.3 Å². The fourth-order valence-corrected chi connectivity index (χ4v) is 2.42. The van der Waals surface area contributed by atoms with Crippen LogP contribution in [0.25, 0.3) is 0 Å². The molecular weight excluding hydrogens is 282 g/mol. The predicted molar refractivity (Wildman–Crippen MR) is 82.2 cm³/mol. The number of benzene rings is 1. The van der Waals surface area contributed by atoms with Crippen molar-refractivity contribution in [1.82, 2.24) is 4.90 Å². The third-order valence-electron chi connectivity index (χ3n) is 3.74. The van der Waals surface area contributed by atoms with Crippen LogP contribution in [0.2, 0.25) is 0 Å². The highest BCUT2D eigenvalue weighted by atomic mass is 16.6. The zero-order chi connectivity index (χ0) is 15.9. The first kappa shape index (κ1) is 16.5. The first-order chi connectivity index (χ1) is 10.6. The van der Waals surface area contributed by atoms with E-state index in [0.29, 0.717) is 32.7 Å². The Labute approximate surface area is 131 Å². The van der Waals surface area contributed by atoms with Gasteiger partial charge in [-0.05, 0) is 17.9 Å². The summed E-state index contributed by atoms with van der Waals surface area (Å²) in [7, 11) is 0. The highest BCUT2D eigenvalue weighted by Gasteiger charge is 2.38. The van der Waals surface area contributed by atoms with Gasteiger partial charge < -0.3 is 9.47 Å². The van der Waals surface area contributed by atoms with Crippen molar-refractivity contribution in [1.29, 1.82) is 0 Å². The molecule has 1 aliphatic rings. The van der Waals surface area contributed by atoms with Gasteiger partial charge in [0.2, 0.25) is 5.91 Å².